The summed E-state index contributed by atoms with van der Waals surface area (Å²) in [5, 5.41) is 0. The van der Waals surface area contributed by atoms with E-state index in [2.05, 4.69) is 0 Å². The molecule has 0 saturated carbocycles. The lowest BCUT2D eigenvalue weighted by Gasteiger charge is -2.19. The Balaban J connectivity index is 1.66. The number of amides is 1. The zero-order chi connectivity index (χ0) is 19.4. The first-order valence-electron chi connectivity index (χ1n) is 8.91. The van der Waals surface area contributed by atoms with Gasteiger partial charge in [-0.15, -0.1) is 0 Å². The predicted octanol–water partition coefficient (Wildman–Crippen LogP) is 2.69. The van der Waals surface area contributed by atoms with Crippen LogP contribution in [-0.2, 0) is 21.2 Å². The second-order valence-electron chi connectivity index (χ2n) is 6.57. The fraction of sp³-hybridized carbons (Fsp3) is 0.350. The summed E-state index contributed by atoms with van der Waals surface area (Å²) in [7, 11) is -0.379. The minimum atomic E-state index is -3.57. The summed E-state index contributed by atoms with van der Waals surface area (Å²) < 4.78 is 32.0. The summed E-state index contributed by atoms with van der Waals surface area (Å²) >= 11 is 0. The van der Waals surface area contributed by atoms with Gasteiger partial charge in [0.05, 0.1) is 12.0 Å². The minimum Gasteiger partial charge on any atom is -0.497 e. The number of sulfonamides is 1. The second kappa shape index (κ2) is 8.10. The van der Waals surface area contributed by atoms with Gasteiger partial charge in [0.2, 0.25) is 15.9 Å². The monoisotopic (exact) mass is 388 g/mol. The predicted molar refractivity (Wildman–Crippen MR) is 105 cm³/mol. The number of hydrogen-bond acceptors (Lipinski definition) is 4. The van der Waals surface area contributed by atoms with Gasteiger partial charge in [-0.2, -0.15) is 0 Å². The van der Waals surface area contributed by atoms with Crippen molar-refractivity contribution in [2.75, 3.05) is 32.1 Å². The van der Waals surface area contributed by atoms with E-state index in [1.807, 2.05) is 24.3 Å². The molecule has 1 saturated heterocycles. The number of rotatable bonds is 7. The summed E-state index contributed by atoms with van der Waals surface area (Å²) in [5.41, 5.74) is 1.79. The van der Waals surface area contributed by atoms with Crippen molar-refractivity contribution in [1.82, 2.24) is 4.31 Å². The van der Waals surface area contributed by atoms with Crippen molar-refractivity contribution < 1.29 is 17.9 Å². The van der Waals surface area contributed by atoms with Crippen molar-refractivity contribution in [1.29, 1.82) is 0 Å². The lowest BCUT2D eigenvalue weighted by Crippen LogP contribution is -2.29. The van der Waals surface area contributed by atoms with Gasteiger partial charge in [0.15, 0.2) is 0 Å². The Bertz CT molecular complexity index is 893. The van der Waals surface area contributed by atoms with E-state index >= 15 is 0 Å². The molecule has 1 heterocycles. The molecule has 7 heteroatoms. The van der Waals surface area contributed by atoms with Crippen molar-refractivity contribution >= 4 is 21.6 Å². The number of hydrogen-bond donors (Lipinski definition) is 0. The Labute approximate surface area is 160 Å². The summed E-state index contributed by atoms with van der Waals surface area (Å²) in [6.45, 7) is 1.06. The number of anilines is 1. The molecule has 1 aliphatic heterocycles. The molecule has 144 valence electrons. The van der Waals surface area contributed by atoms with Gasteiger partial charge in [-0.1, -0.05) is 12.1 Å². The number of benzene rings is 2. The molecule has 2 aromatic carbocycles. The van der Waals surface area contributed by atoms with Gasteiger partial charge in [0.1, 0.15) is 5.75 Å². The van der Waals surface area contributed by atoms with E-state index in [1.54, 1.807) is 43.3 Å². The van der Waals surface area contributed by atoms with Crippen molar-refractivity contribution in [3.05, 3.63) is 54.1 Å². The smallest absolute Gasteiger partial charge is 0.242 e. The maximum absolute atomic E-state index is 12.8. The third-order valence-corrected chi connectivity index (χ3v) is 6.68. The van der Waals surface area contributed by atoms with E-state index in [-0.39, 0.29) is 10.8 Å². The van der Waals surface area contributed by atoms with E-state index in [4.69, 9.17) is 4.74 Å². The Morgan fingerprint density at radius 2 is 1.74 bits per heavy atom. The molecule has 0 unspecified atom stereocenters. The molecular weight excluding hydrogens is 364 g/mol. The van der Waals surface area contributed by atoms with Gasteiger partial charge in [-0.3, -0.25) is 4.79 Å². The topological polar surface area (TPSA) is 66.9 Å². The molecule has 27 heavy (non-hydrogen) atoms. The van der Waals surface area contributed by atoms with E-state index in [0.29, 0.717) is 25.9 Å². The fourth-order valence-electron chi connectivity index (χ4n) is 3.10. The third-order valence-electron chi connectivity index (χ3n) is 4.80. The largest absolute Gasteiger partial charge is 0.497 e. The number of carbonyl (C=O) groups excluding carboxylic acids is 1. The highest BCUT2D eigenvalue weighted by Crippen LogP contribution is 2.24. The Morgan fingerprint density at radius 3 is 2.30 bits per heavy atom. The number of ether oxygens (including phenoxy) is 1. The molecular formula is C20H24N2O4S. The van der Waals surface area contributed by atoms with Gasteiger partial charge >= 0.3 is 0 Å². The molecule has 0 aromatic heterocycles. The first kappa shape index (κ1) is 19.4. The molecule has 1 amide bonds. The molecule has 0 bridgehead atoms. The highest BCUT2D eigenvalue weighted by Gasteiger charge is 2.24. The van der Waals surface area contributed by atoms with E-state index in [9.17, 15) is 13.2 Å². The maximum atomic E-state index is 12.8. The Kier molecular flexibility index (Phi) is 5.82. The normalized spacial score (nSPS) is 14.8. The maximum Gasteiger partial charge on any atom is 0.242 e. The van der Waals surface area contributed by atoms with Crippen LogP contribution < -0.4 is 9.64 Å². The van der Waals surface area contributed by atoms with Crippen LogP contribution in [0, 0.1) is 0 Å². The van der Waals surface area contributed by atoms with Gasteiger partial charge in [-0.25, -0.2) is 12.7 Å². The van der Waals surface area contributed by atoms with E-state index in [0.717, 1.165) is 23.4 Å². The number of methoxy groups -OCH3 is 1. The molecule has 6 nitrogen and oxygen atoms in total. The highest BCUT2D eigenvalue weighted by molar-refractivity contribution is 7.89. The van der Waals surface area contributed by atoms with Crippen LogP contribution in [-0.4, -0.2) is 45.9 Å². The van der Waals surface area contributed by atoms with Crippen molar-refractivity contribution in [3.8, 4) is 5.75 Å². The quantitative estimate of drug-likeness (QED) is 0.731. The van der Waals surface area contributed by atoms with Crippen LogP contribution in [0.15, 0.2) is 53.4 Å². The van der Waals surface area contributed by atoms with Crippen molar-refractivity contribution in [2.45, 2.75) is 24.2 Å². The summed E-state index contributed by atoms with van der Waals surface area (Å²) in [6, 6.07) is 14.1. The molecule has 1 fully saturated rings. The summed E-state index contributed by atoms with van der Waals surface area (Å²) in [6.07, 6.45) is 2.00. The van der Waals surface area contributed by atoms with Crippen LogP contribution >= 0.6 is 0 Å². The van der Waals surface area contributed by atoms with Crippen LogP contribution in [0.3, 0.4) is 0 Å². The average molecular weight is 388 g/mol. The molecule has 0 radical (unpaired) electrons. The van der Waals surface area contributed by atoms with E-state index < -0.39 is 10.0 Å². The molecule has 0 aliphatic carbocycles. The third kappa shape index (κ3) is 4.31. The summed E-state index contributed by atoms with van der Waals surface area (Å²) in [4.78, 5) is 13.7. The molecule has 0 N–H and O–H groups in total. The molecule has 2 aromatic rings. The van der Waals surface area contributed by atoms with Gasteiger partial charge in [0.25, 0.3) is 0 Å². The first-order valence-corrected chi connectivity index (χ1v) is 10.4. The average Bonchev–Trinajstić information content (AvgIpc) is 3.12. The standard InChI is InChI=1S/C20H24N2O4S/c1-21(15-13-16-5-9-18(26-2)10-6-16)27(24,25)19-11-7-17(8-12-19)22-14-3-4-20(22)23/h5-12H,3-4,13-15H2,1-2H3. The van der Waals surface area contributed by atoms with Gasteiger partial charge in [-0.05, 0) is 54.8 Å². The van der Waals surface area contributed by atoms with Crippen molar-refractivity contribution in [2.24, 2.45) is 0 Å². The van der Waals surface area contributed by atoms with Crippen LogP contribution in [0.1, 0.15) is 18.4 Å². The molecule has 0 atom stereocenters. The van der Waals surface area contributed by atoms with Crippen LogP contribution in [0.4, 0.5) is 5.69 Å². The summed E-state index contributed by atoms with van der Waals surface area (Å²) in [5.74, 6) is 0.860. The Morgan fingerprint density at radius 1 is 1.07 bits per heavy atom. The van der Waals surface area contributed by atoms with Crippen molar-refractivity contribution in [3.63, 3.8) is 0 Å². The van der Waals surface area contributed by atoms with Crippen LogP contribution in [0.2, 0.25) is 0 Å². The lowest BCUT2D eigenvalue weighted by atomic mass is 10.1. The second-order valence-corrected chi connectivity index (χ2v) is 8.61. The number of carbonyl (C=O) groups is 1. The van der Waals surface area contributed by atoms with Gasteiger partial charge < -0.3 is 9.64 Å². The SMILES string of the molecule is COc1ccc(CCN(C)S(=O)(=O)c2ccc(N3CCCC3=O)cc2)cc1. The van der Waals surface area contributed by atoms with E-state index in [1.165, 1.54) is 4.31 Å². The Hall–Kier alpha value is -2.38. The van der Waals surface area contributed by atoms with Gasteiger partial charge in [0, 0.05) is 32.2 Å². The zero-order valence-corrected chi connectivity index (χ0v) is 16.4. The molecule has 3 rings (SSSR count). The fourth-order valence-corrected chi connectivity index (χ4v) is 4.27. The minimum absolute atomic E-state index is 0.0854. The van der Waals surface area contributed by atoms with Crippen LogP contribution in [0.25, 0.3) is 0 Å². The zero-order valence-electron chi connectivity index (χ0n) is 15.6. The molecule has 0 spiro atoms. The van der Waals surface area contributed by atoms with Crippen LogP contribution in [0.5, 0.6) is 5.75 Å². The number of nitrogens with zero attached hydrogens (tertiary/aromatic N) is 2. The highest BCUT2D eigenvalue weighted by atomic mass is 32.2. The lowest BCUT2D eigenvalue weighted by molar-refractivity contribution is -0.117. The molecule has 1 aliphatic rings. The first-order chi connectivity index (χ1) is 12.9. The number of likely N-dealkylation sites (N-methyl/N-ethyl adjacent to an activating group) is 1.